The molecule has 8 heteroatoms. The van der Waals surface area contributed by atoms with Gasteiger partial charge < -0.3 is 10.1 Å². The quantitative estimate of drug-likeness (QED) is 0.886. The number of aromatic nitrogens is 3. The van der Waals surface area contributed by atoms with Gasteiger partial charge >= 0.3 is 6.36 Å². The highest BCUT2D eigenvalue weighted by Gasteiger charge is 2.31. The van der Waals surface area contributed by atoms with Gasteiger partial charge in [0.15, 0.2) is 0 Å². The summed E-state index contributed by atoms with van der Waals surface area (Å²) in [5.74, 6) is 0.428. The fourth-order valence-corrected chi connectivity index (χ4v) is 1.64. The van der Waals surface area contributed by atoms with Crippen LogP contribution in [0.2, 0.25) is 0 Å². The molecule has 0 radical (unpaired) electrons. The normalized spacial score (nSPS) is 13.2. The van der Waals surface area contributed by atoms with Crippen LogP contribution in [0.4, 0.5) is 13.2 Å². The van der Waals surface area contributed by atoms with Crippen molar-refractivity contribution in [3.63, 3.8) is 0 Å². The number of benzene rings is 1. The van der Waals surface area contributed by atoms with Crippen molar-refractivity contribution in [2.24, 2.45) is 0 Å². The molecular weight excluding hydrogens is 273 g/mol. The summed E-state index contributed by atoms with van der Waals surface area (Å²) in [5.41, 5.74) is 0.679. The van der Waals surface area contributed by atoms with E-state index in [4.69, 9.17) is 0 Å². The minimum absolute atomic E-state index is 0.0929. The highest BCUT2D eigenvalue weighted by molar-refractivity contribution is 5.28. The van der Waals surface area contributed by atoms with Crippen molar-refractivity contribution < 1.29 is 17.9 Å². The predicted molar refractivity (Wildman–Crippen MR) is 64.8 cm³/mol. The average molecular weight is 286 g/mol. The molecule has 2 N–H and O–H groups in total. The standard InChI is InChI=1S/C12H13F3N4O/c1-8(11-17-7-18-19-11)16-6-9-3-2-4-10(5-9)20-12(13,14)15/h2-5,7-8,16H,6H2,1H3,(H,17,18,19). The molecule has 5 nitrogen and oxygen atoms in total. The van der Waals surface area contributed by atoms with Gasteiger partial charge in [-0.3, -0.25) is 5.10 Å². The molecule has 108 valence electrons. The third kappa shape index (κ3) is 4.23. The maximum atomic E-state index is 12.1. The Kier molecular flexibility index (Phi) is 4.23. The van der Waals surface area contributed by atoms with Gasteiger partial charge in [-0.2, -0.15) is 5.10 Å². The monoisotopic (exact) mass is 286 g/mol. The predicted octanol–water partition coefficient (Wildman–Crippen LogP) is 2.55. The lowest BCUT2D eigenvalue weighted by molar-refractivity contribution is -0.274. The van der Waals surface area contributed by atoms with Gasteiger partial charge in [0, 0.05) is 6.54 Å². The van der Waals surface area contributed by atoms with E-state index in [1.165, 1.54) is 24.5 Å². The molecule has 0 saturated heterocycles. The Morgan fingerprint density at radius 2 is 2.20 bits per heavy atom. The summed E-state index contributed by atoms with van der Waals surface area (Å²) in [6.45, 7) is 2.26. The van der Waals surface area contributed by atoms with E-state index in [-0.39, 0.29) is 11.8 Å². The first-order valence-electron chi connectivity index (χ1n) is 5.87. The summed E-state index contributed by atoms with van der Waals surface area (Å²) in [6, 6.07) is 5.73. The van der Waals surface area contributed by atoms with Gasteiger partial charge in [-0.1, -0.05) is 12.1 Å². The summed E-state index contributed by atoms with van der Waals surface area (Å²) in [6.07, 6.45) is -3.29. The Morgan fingerprint density at radius 3 is 2.85 bits per heavy atom. The van der Waals surface area contributed by atoms with Crippen LogP contribution in [-0.2, 0) is 6.54 Å². The van der Waals surface area contributed by atoms with Crippen LogP contribution in [0, 0.1) is 0 Å². The second kappa shape index (κ2) is 5.91. The number of halogens is 3. The van der Waals surface area contributed by atoms with Crippen molar-refractivity contribution >= 4 is 0 Å². The molecule has 0 saturated carbocycles. The average Bonchev–Trinajstić information content (AvgIpc) is 2.88. The number of H-pyrrole nitrogens is 1. The van der Waals surface area contributed by atoms with Gasteiger partial charge in [0.2, 0.25) is 0 Å². The number of alkyl halides is 3. The third-order valence-corrected chi connectivity index (χ3v) is 2.59. The molecule has 0 fully saturated rings. The van der Waals surface area contributed by atoms with Crippen LogP contribution in [-0.4, -0.2) is 21.5 Å². The lowest BCUT2D eigenvalue weighted by atomic mass is 10.2. The van der Waals surface area contributed by atoms with Gasteiger partial charge in [0.05, 0.1) is 6.04 Å². The molecule has 0 aliphatic carbocycles. The smallest absolute Gasteiger partial charge is 0.406 e. The fourth-order valence-electron chi connectivity index (χ4n) is 1.64. The molecule has 2 rings (SSSR count). The van der Waals surface area contributed by atoms with Crippen LogP contribution in [0.1, 0.15) is 24.4 Å². The van der Waals surface area contributed by atoms with Gasteiger partial charge in [-0.15, -0.1) is 13.2 Å². The molecule has 1 heterocycles. The summed E-state index contributed by atoms with van der Waals surface area (Å²) in [5, 5.41) is 9.57. The van der Waals surface area contributed by atoms with E-state index in [1.54, 1.807) is 6.07 Å². The van der Waals surface area contributed by atoms with Crippen LogP contribution in [0.5, 0.6) is 5.75 Å². The maximum Gasteiger partial charge on any atom is 0.573 e. The summed E-state index contributed by atoms with van der Waals surface area (Å²) < 4.78 is 40.2. The van der Waals surface area contributed by atoms with Crippen LogP contribution < -0.4 is 10.1 Å². The molecule has 2 aromatic rings. The Labute approximate surface area is 113 Å². The van der Waals surface area contributed by atoms with E-state index in [2.05, 4.69) is 25.2 Å². The van der Waals surface area contributed by atoms with Crippen molar-refractivity contribution in [1.82, 2.24) is 20.5 Å². The first-order valence-corrected chi connectivity index (χ1v) is 5.87. The molecule has 20 heavy (non-hydrogen) atoms. The van der Waals surface area contributed by atoms with Crippen molar-refractivity contribution in [1.29, 1.82) is 0 Å². The minimum Gasteiger partial charge on any atom is -0.406 e. The Balaban J connectivity index is 1.94. The Morgan fingerprint density at radius 1 is 1.40 bits per heavy atom. The van der Waals surface area contributed by atoms with Gasteiger partial charge in [0.25, 0.3) is 0 Å². The van der Waals surface area contributed by atoms with E-state index in [1.807, 2.05) is 6.92 Å². The summed E-state index contributed by atoms with van der Waals surface area (Å²) in [4.78, 5) is 3.99. The van der Waals surface area contributed by atoms with Crippen LogP contribution in [0.3, 0.4) is 0 Å². The Bertz CT molecular complexity index is 542. The van der Waals surface area contributed by atoms with Crippen LogP contribution in [0.15, 0.2) is 30.6 Å². The number of nitrogens with zero attached hydrogens (tertiary/aromatic N) is 2. The van der Waals surface area contributed by atoms with Crippen molar-refractivity contribution in [3.8, 4) is 5.75 Å². The maximum absolute atomic E-state index is 12.1. The van der Waals surface area contributed by atoms with Crippen LogP contribution >= 0.6 is 0 Å². The zero-order valence-electron chi connectivity index (χ0n) is 10.6. The molecule has 1 aromatic heterocycles. The molecule has 0 spiro atoms. The lowest BCUT2D eigenvalue weighted by Gasteiger charge is -2.13. The molecule has 1 atom stereocenters. The minimum atomic E-state index is -4.68. The number of nitrogens with one attached hydrogen (secondary N) is 2. The summed E-state index contributed by atoms with van der Waals surface area (Å²) in [7, 11) is 0. The van der Waals surface area contributed by atoms with E-state index in [0.717, 1.165) is 0 Å². The molecule has 1 unspecified atom stereocenters. The van der Waals surface area contributed by atoms with Gasteiger partial charge in [-0.25, -0.2) is 4.98 Å². The fraction of sp³-hybridized carbons (Fsp3) is 0.333. The molecular formula is C12H13F3N4O. The SMILES string of the molecule is CC(NCc1cccc(OC(F)(F)F)c1)c1ncn[nH]1. The second-order valence-electron chi connectivity index (χ2n) is 4.17. The number of hydrogen-bond donors (Lipinski definition) is 2. The lowest BCUT2D eigenvalue weighted by Crippen LogP contribution is -2.20. The summed E-state index contributed by atoms with van der Waals surface area (Å²) >= 11 is 0. The molecule has 0 aliphatic rings. The van der Waals surface area contributed by atoms with Crippen molar-refractivity contribution in [3.05, 3.63) is 42.0 Å². The zero-order valence-corrected chi connectivity index (χ0v) is 10.6. The molecule has 0 amide bonds. The number of aromatic amines is 1. The topological polar surface area (TPSA) is 62.8 Å². The number of hydrogen-bond acceptors (Lipinski definition) is 4. The highest BCUT2D eigenvalue weighted by atomic mass is 19.4. The number of ether oxygens (including phenoxy) is 1. The van der Waals surface area contributed by atoms with E-state index in [0.29, 0.717) is 17.9 Å². The number of rotatable bonds is 5. The van der Waals surface area contributed by atoms with Gasteiger partial charge in [-0.05, 0) is 24.6 Å². The first-order chi connectivity index (χ1) is 9.44. The van der Waals surface area contributed by atoms with E-state index < -0.39 is 6.36 Å². The molecule has 0 bridgehead atoms. The third-order valence-electron chi connectivity index (χ3n) is 2.59. The van der Waals surface area contributed by atoms with Crippen LogP contribution in [0.25, 0.3) is 0 Å². The van der Waals surface area contributed by atoms with Crippen molar-refractivity contribution in [2.45, 2.75) is 25.9 Å². The first kappa shape index (κ1) is 14.3. The van der Waals surface area contributed by atoms with Crippen molar-refractivity contribution in [2.75, 3.05) is 0 Å². The molecule has 1 aromatic carbocycles. The Hall–Kier alpha value is -2.09. The second-order valence-corrected chi connectivity index (χ2v) is 4.17. The molecule has 0 aliphatic heterocycles. The largest absolute Gasteiger partial charge is 0.573 e. The van der Waals surface area contributed by atoms with E-state index >= 15 is 0 Å². The van der Waals surface area contributed by atoms with E-state index in [9.17, 15) is 13.2 Å². The highest BCUT2D eigenvalue weighted by Crippen LogP contribution is 2.23. The zero-order chi connectivity index (χ0) is 14.6. The van der Waals surface area contributed by atoms with Gasteiger partial charge in [0.1, 0.15) is 17.9 Å².